The molecule has 2 rings (SSSR count). The molecule has 0 saturated heterocycles. The Morgan fingerprint density at radius 1 is 1.08 bits per heavy atom. The number of aromatic nitrogens is 2. The molecule has 2 aromatic rings. The molecule has 1 N–H and O–H groups in total. The first-order valence-electron chi connectivity index (χ1n) is 8.55. The van der Waals surface area contributed by atoms with Crippen molar-refractivity contribution in [2.45, 2.75) is 63.9 Å². The third kappa shape index (κ3) is 4.24. The molecule has 6 heteroatoms. The maximum atomic E-state index is 12.6. The summed E-state index contributed by atoms with van der Waals surface area (Å²) in [6.07, 6.45) is 4.72. The average Bonchev–Trinajstić information content (AvgIpc) is 3.09. The van der Waals surface area contributed by atoms with Crippen molar-refractivity contribution in [1.82, 2.24) is 14.5 Å². The number of aryl methyl sites for hydroxylation is 1. The third-order valence-electron chi connectivity index (χ3n) is 4.47. The Labute approximate surface area is 145 Å². The molecule has 1 heterocycles. The van der Waals surface area contributed by atoms with Crippen LogP contribution in [0.5, 0.6) is 0 Å². The molecule has 1 aromatic carbocycles. The van der Waals surface area contributed by atoms with Crippen molar-refractivity contribution < 1.29 is 8.42 Å². The van der Waals surface area contributed by atoms with E-state index in [4.69, 9.17) is 0 Å². The van der Waals surface area contributed by atoms with E-state index >= 15 is 0 Å². The van der Waals surface area contributed by atoms with Gasteiger partial charge in [0, 0.05) is 18.8 Å². The van der Waals surface area contributed by atoms with Gasteiger partial charge in [-0.2, -0.15) is 5.10 Å². The number of sulfonamides is 1. The highest BCUT2D eigenvalue weighted by molar-refractivity contribution is 7.89. The molecule has 0 fully saturated rings. The van der Waals surface area contributed by atoms with Gasteiger partial charge in [0.15, 0.2) is 0 Å². The highest BCUT2D eigenvalue weighted by atomic mass is 32.2. The van der Waals surface area contributed by atoms with E-state index in [0.717, 1.165) is 12.0 Å². The van der Waals surface area contributed by atoms with Gasteiger partial charge in [-0.1, -0.05) is 45.0 Å². The molecule has 0 amide bonds. The lowest BCUT2D eigenvalue weighted by molar-refractivity contribution is 0.549. The van der Waals surface area contributed by atoms with E-state index in [9.17, 15) is 8.42 Å². The summed E-state index contributed by atoms with van der Waals surface area (Å²) in [6, 6.07) is 7.98. The van der Waals surface area contributed by atoms with Crippen molar-refractivity contribution in [3.63, 3.8) is 0 Å². The summed E-state index contributed by atoms with van der Waals surface area (Å²) >= 11 is 0. The minimum atomic E-state index is -3.57. The fourth-order valence-corrected chi connectivity index (χ4v) is 3.85. The van der Waals surface area contributed by atoms with Crippen molar-refractivity contribution >= 4 is 10.0 Å². The van der Waals surface area contributed by atoms with Crippen LogP contribution in [-0.2, 0) is 16.6 Å². The van der Waals surface area contributed by atoms with Crippen molar-refractivity contribution in [3.05, 3.63) is 47.8 Å². The molecule has 0 aliphatic carbocycles. The molecule has 0 aliphatic rings. The van der Waals surface area contributed by atoms with Gasteiger partial charge in [-0.15, -0.1) is 0 Å². The Morgan fingerprint density at radius 3 is 2.21 bits per heavy atom. The minimum Gasteiger partial charge on any atom is -0.272 e. The first-order chi connectivity index (χ1) is 11.4. The smallest absolute Gasteiger partial charge is 0.244 e. The molecular formula is C18H27N3O2S. The largest absolute Gasteiger partial charge is 0.272 e. The lowest BCUT2D eigenvalue weighted by Gasteiger charge is -2.18. The highest BCUT2D eigenvalue weighted by Gasteiger charge is 2.22. The lowest BCUT2D eigenvalue weighted by atomic mass is 9.96. The first kappa shape index (κ1) is 18.7. The number of nitrogens with zero attached hydrogens (tertiary/aromatic N) is 2. The second-order valence-corrected chi connectivity index (χ2v) is 7.80. The van der Waals surface area contributed by atoms with Gasteiger partial charge in [-0.05, 0) is 36.8 Å². The quantitative estimate of drug-likeness (QED) is 0.787. The zero-order chi connectivity index (χ0) is 17.7. The number of hydrogen-bond donors (Lipinski definition) is 1. The van der Waals surface area contributed by atoms with Gasteiger partial charge >= 0.3 is 0 Å². The Bertz CT molecular complexity index is 751. The highest BCUT2D eigenvalue weighted by Crippen LogP contribution is 2.24. The zero-order valence-electron chi connectivity index (χ0n) is 14.9. The Hall–Kier alpha value is -1.66. The predicted molar refractivity (Wildman–Crippen MR) is 96.4 cm³/mol. The normalized spacial score (nSPS) is 14.5. The monoisotopic (exact) mass is 349 g/mol. The second kappa shape index (κ2) is 7.94. The summed E-state index contributed by atoms with van der Waals surface area (Å²) < 4.78 is 29.5. The van der Waals surface area contributed by atoms with Crippen LogP contribution in [-0.4, -0.2) is 18.2 Å². The Balaban J connectivity index is 2.19. The van der Waals surface area contributed by atoms with Gasteiger partial charge in [-0.3, -0.25) is 4.68 Å². The van der Waals surface area contributed by atoms with E-state index in [1.807, 2.05) is 26.0 Å². The molecule has 0 aliphatic heterocycles. The summed E-state index contributed by atoms with van der Waals surface area (Å²) in [5, 5.41) is 4.04. The number of rotatable bonds is 8. The van der Waals surface area contributed by atoms with Crippen LogP contribution < -0.4 is 4.72 Å². The van der Waals surface area contributed by atoms with Crippen molar-refractivity contribution in [3.8, 4) is 0 Å². The van der Waals surface area contributed by atoms with Crippen molar-refractivity contribution in [1.29, 1.82) is 0 Å². The SMILES string of the molecule is CC[C@@H](C)c1ccc([C@H](CC)NS(=O)(=O)c2cnn(CC)c2)cc1. The van der Waals surface area contributed by atoms with Gasteiger partial charge in [0.25, 0.3) is 0 Å². The maximum Gasteiger partial charge on any atom is 0.244 e. The fourth-order valence-electron chi connectivity index (χ4n) is 2.59. The van der Waals surface area contributed by atoms with Crippen LogP contribution >= 0.6 is 0 Å². The molecule has 132 valence electrons. The van der Waals surface area contributed by atoms with Crippen molar-refractivity contribution in [2.75, 3.05) is 0 Å². The topological polar surface area (TPSA) is 64.0 Å². The molecule has 0 bridgehead atoms. The summed E-state index contributed by atoms with van der Waals surface area (Å²) in [5.74, 6) is 0.510. The van der Waals surface area contributed by atoms with Gasteiger partial charge < -0.3 is 0 Å². The van der Waals surface area contributed by atoms with Crippen LogP contribution in [0.1, 0.15) is 63.6 Å². The van der Waals surface area contributed by atoms with Crippen LogP contribution in [0.3, 0.4) is 0 Å². The molecular weight excluding hydrogens is 322 g/mol. The van der Waals surface area contributed by atoms with Crippen LogP contribution in [0, 0.1) is 0 Å². The summed E-state index contributed by atoms with van der Waals surface area (Å²) in [7, 11) is -3.57. The van der Waals surface area contributed by atoms with Crippen LogP contribution in [0.15, 0.2) is 41.6 Å². The molecule has 0 radical (unpaired) electrons. The minimum absolute atomic E-state index is 0.207. The van der Waals surface area contributed by atoms with Gasteiger partial charge in [-0.25, -0.2) is 13.1 Å². The fraction of sp³-hybridized carbons (Fsp3) is 0.500. The summed E-state index contributed by atoms with van der Waals surface area (Å²) in [4.78, 5) is 0.207. The van der Waals surface area contributed by atoms with E-state index in [-0.39, 0.29) is 10.9 Å². The summed E-state index contributed by atoms with van der Waals surface area (Å²) in [5.41, 5.74) is 2.26. The van der Waals surface area contributed by atoms with E-state index in [2.05, 4.69) is 35.8 Å². The molecule has 24 heavy (non-hydrogen) atoms. The average molecular weight is 350 g/mol. The van der Waals surface area contributed by atoms with Gasteiger partial charge in [0.2, 0.25) is 10.0 Å². The molecule has 0 saturated carbocycles. The standard InChI is InChI=1S/C18H27N3O2S/c1-5-14(4)15-8-10-16(11-9-15)18(6-2)20-24(22,23)17-12-19-21(7-3)13-17/h8-14,18,20H,5-7H2,1-4H3/t14-,18+/m1/s1. The second-order valence-electron chi connectivity index (χ2n) is 6.09. The van der Waals surface area contributed by atoms with E-state index in [1.54, 1.807) is 10.9 Å². The van der Waals surface area contributed by atoms with E-state index in [0.29, 0.717) is 18.9 Å². The van der Waals surface area contributed by atoms with E-state index in [1.165, 1.54) is 11.8 Å². The third-order valence-corrected chi connectivity index (χ3v) is 5.90. The predicted octanol–water partition coefficient (Wildman–Crippen LogP) is 3.85. The van der Waals surface area contributed by atoms with E-state index < -0.39 is 10.0 Å². The van der Waals surface area contributed by atoms with Crippen LogP contribution in [0.2, 0.25) is 0 Å². The first-order valence-corrected chi connectivity index (χ1v) is 10.0. The number of hydrogen-bond acceptors (Lipinski definition) is 3. The molecule has 0 unspecified atom stereocenters. The maximum absolute atomic E-state index is 12.6. The molecule has 2 atom stereocenters. The zero-order valence-corrected chi connectivity index (χ0v) is 15.7. The van der Waals surface area contributed by atoms with Crippen LogP contribution in [0.4, 0.5) is 0 Å². The van der Waals surface area contributed by atoms with Gasteiger partial charge in [0.05, 0.1) is 6.20 Å². The molecule has 0 spiro atoms. The Kier molecular flexibility index (Phi) is 6.18. The summed E-state index contributed by atoms with van der Waals surface area (Å²) in [6.45, 7) is 8.90. The van der Waals surface area contributed by atoms with Gasteiger partial charge in [0.1, 0.15) is 4.90 Å². The lowest BCUT2D eigenvalue weighted by Crippen LogP contribution is -2.28. The molecule has 5 nitrogen and oxygen atoms in total. The van der Waals surface area contributed by atoms with Crippen LogP contribution in [0.25, 0.3) is 0 Å². The Morgan fingerprint density at radius 2 is 1.71 bits per heavy atom. The number of benzene rings is 1. The molecule has 1 aromatic heterocycles. The van der Waals surface area contributed by atoms with Crippen molar-refractivity contribution in [2.24, 2.45) is 0 Å². The number of nitrogens with one attached hydrogen (secondary N) is 1.